The third kappa shape index (κ3) is 5.18. The molecule has 1 saturated heterocycles. The summed E-state index contributed by atoms with van der Waals surface area (Å²) in [6, 6.07) is -0.102. The molecule has 0 aromatic carbocycles. The number of carbonyl (C=O) groups excluding carboxylic acids is 2. The monoisotopic (exact) mass is 309 g/mol. The fourth-order valence-corrected chi connectivity index (χ4v) is 3.63. The van der Waals surface area contributed by atoms with Crippen molar-refractivity contribution in [3.63, 3.8) is 0 Å². The smallest absolute Gasteiger partial charge is 0.315 e. The lowest BCUT2D eigenvalue weighted by atomic mass is 9.81. The van der Waals surface area contributed by atoms with Crippen molar-refractivity contribution in [2.24, 2.45) is 11.8 Å². The van der Waals surface area contributed by atoms with Crippen LogP contribution in [-0.2, 0) is 4.79 Å². The van der Waals surface area contributed by atoms with Crippen LogP contribution in [0.4, 0.5) is 4.79 Å². The van der Waals surface area contributed by atoms with E-state index < -0.39 is 0 Å². The van der Waals surface area contributed by atoms with Gasteiger partial charge in [-0.05, 0) is 38.0 Å². The number of hydrogen-bond donors (Lipinski definition) is 2. The zero-order chi connectivity index (χ0) is 15.9. The Morgan fingerprint density at radius 2 is 1.95 bits per heavy atom. The first-order valence-corrected chi connectivity index (χ1v) is 8.90. The fourth-order valence-electron chi connectivity index (χ4n) is 3.63. The molecule has 2 rings (SSSR count). The number of nitrogens with one attached hydrogen (secondary N) is 2. The van der Waals surface area contributed by atoms with Crippen molar-refractivity contribution in [3.05, 3.63) is 0 Å². The van der Waals surface area contributed by atoms with E-state index >= 15 is 0 Å². The van der Waals surface area contributed by atoms with Crippen LogP contribution < -0.4 is 10.6 Å². The average molecular weight is 309 g/mol. The second-order valence-corrected chi connectivity index (χ2v) is 6.99. The van der Waals surface area contributed by atoms with E-state index in [0.29, 0.717) is 18.9 Å². The van der Waals surface area contributed by atoms with Gasteiger partial charge in [0.25, 0.3) is 0 Å². The maximum absolute atomic E-state index is 11.9. The summed E-state index contributed by atoms with van der Waals surface area (Å²) < 4.78 is 0. The highest BCUT2D eigenvalue weighted by molar-refractivity contribution is 5.78. The lowest BCUT2D eigenvalue weighted by Gasteiger charge is -2.28. The Hall–Kier alpha value is -1.26. The van der Waals surface area contributed by atoms with Crippen LogP contribution in [0.15, 0.2) is 0 Å². The Kier molecular flexibility index (Phi) is 6.52. The van der Waals surface area contributed by atoms with Crippen molar-refractivity contribution in [1.29, 1.82) is 0 Å². The van der Waals surface area contributed by atoms with Crippen LogP contribution in [-0.4, -0.2) is 42.5 Å². The van der Waals surface area contributed by atoms with Gasteiger partial charge in [-0.1, -0.05) is 26.2 Å². The lowest BCUT2D eigenvalue weighted by molar-refractivity contribution is -0.127. The molecule has 1 saturated carbocycles. The molecule has 0 spiro atoms. The standard InChI is InChI=1S/C17H31N3O2/c1-3-14-6-8-15(9-7-14)11-18-17(22)19-13(2)12-20-10-4-5-16(20)21/h13-15H,3-12H2,1-2H3,(H2,18,19,22). The molecule has 2 aliphatic rings. The second-order valence-electron chi connectivity index (χ2n) is 6.99. The topological polar surface area (TPSA) is 61.4 Å². The number of carbonyl (C=O) groups is 2. The summed E-state index contributed by atoms with van der Waals surface area (Å²) in [6.07, 6.45) is 7.95. The third-order valence-corrected chi connectivity index (χ3v) is 5.14. The number of nitrogens with zero attached hydrogens (tertiary/aromatic N) is 1. The van der Waals surface area contributed by atoms with E-state index in [9.17, 15) is 9.59 Å². The highest BCUT2D eigenvalue weighted by atomic mass is 16.2. The van der Waals surface area contributed by atoms with Crippen LogP contribution in [0.3, 0.4) is 0 Å². The molecule has 5 heteroatoms. The van der Waals surface area contributed by atoms with Gasteiger partial charge in [-0.25, -0.2) is 4.79 Å². The van der Waals surface area contributed by atoms with E-state index in [4.69, 9.17) is 0 Å². The second kappa shape index (κ2) is 8.39. The molecule has 5 nitrogen and oxygen atoms in total. The first kappa shape index (κ1) is 17.1. The lowest BCUT2D eigenvalue weighted by Crippen LogP contribution is -2.47. The molecule has 2 N–H and O–H groups in total. The fraction of sp³-hybridized carbons (Fsp3) is 0.882. The van der Waals surface area contributed by atoms with Gasteiger partial charge in [0.1, 0.15) is 0 Å². The highest BCUT2D eigenvalue weighted by Crippen LogP contribution is 2.29. The molecule has 1 aliphatic carbocycles. The minimum Gasteiger partial charge on any atom is -0.341 e. The number of urea groups is 1. The van der Waals surface area contributed by atoms with Crippen molar-refractivity contribution in [1.82, 2.24) is 15.5 Å². The van der Waals surface area contributed by atoms with Crippen molar-refractivity contribution >= 4 is 11.9 Å². The largest absolute Gasteiger partial charge is 0.341 e. The van der Waals surface area contributed by atoms with Crippen LogP contribution >= 0.6 is 0 Å². The van der Waals surface area contributed by atoms with Crippen molar-refractivity contribution < 1.29 is 9.59 Å². The van der Waals surface area contributed by atoms with E-state index in [-0.39, 0.29) is 18.0 Å². The predicted octanol–water partition coefficient (Wildman–Crippen LogP) is 2.51. The number of hydrogen-bond acceptors (Lipinski definition) is 2. The molecule has 1 aliphatic heterocycles. The SMILES string of the molecule is CCC1CCC(CNC(=O)NC(C)CN2CCCC2=O)CC1. The minimum absolute atomic E-state index is 0.00197. The van der Waals surface area contributed by atoms with Gasteiger partial charge in [-0.3, -0.25) is 4.79 Å². The van der Waals surface area contributed by atoms with E-state index in [2.05, 4.69) is 17.6 Å². The van der Waals surface area contributed by atoms with Gasteiger partial charge in [0.05, 0.1) is 0 Å². The molecule has 22 heavy (non-hydrogen) atoms. The summed E-state index contributed by atoms with van der Waals surface area (Å²) in [5.74, 6) is 1.73. The number of amides is 3. The molecule has 0 aromatic heterocycles. The van der Waals surface area contributed by atoms with Gasteiger partial charge >= 0.3 is 6.03 Å². The first-order valence-electron chi connectivity index (χ1n) is 8.90. The Morgan fingerprint density at radius 1 is 1.27 bits per heavy atom. The zero-order valence-electron chi connectivity index (χ0n) is 14.1. The zero-order valence-corrected chi connectivity index (χ0v) is 14.1. The van der Waals surface area contributed by atoms with Gasteiger partial charge in [-0.2, -0.15) is 0 Å². The minimum atomic E-state index is -0.100. The molecule has 1 unspecified atom stereocenters. The van der Waals surface area contributed by atoms with Crippen molar-refractivity contribution in [2.75, 3.05) is 19.6 Å². The quantitative estimate of drug-likeness (QED) is 0.792. The molecular weight excluding hydrogens is 278 g/mol. The summed E-state index contributed by atoms with van der Waals surface area (Å²) in [4.78, 5) is 25.4. The number of rotatable bonds is 6. The van der Waals surface area contributed by atoms with Crippen LogP contribution in [0.1, 0.15) is 58.8 Å². The summed E-state index contributed by atoms with van der Waals surface area (Å²) in [6.45, 7) is 6.44. The van der Waals surface area contributed by atoms with E-state index in [1.54, 1.807) is 0 Å². The van der Waals surface area contributed by atoms with Crippen LogP contribution in [0.2, 0.25) is 0 Å². The molecule has 0 aromatic rings. The van der Waals surface area contributed by atoms with Gasteiger partial charge in [0.2, 0.25) is 5.91 Å². The molecule has 3 amide bonds. The van der Waals surface area contributed by atoms with Gasteiger partial charge in [-0.15, -0.1) is 0 Å². The van der Waals surface area contributed by atoms with Crippen LogP contribution in [0, 0.1) is 11.8 Å². The number of likely N-dealkylation sites (tertiary alicyclic amines) is 1. The first-order chi connectivity index (χ1) is 10.6. The Morgan fingerprint density at radius 3 is 2.55 bits per heavy atom. The predicted molar refractivity (Wildman–Crippen MR) is 87.5 cm³/mol. The normalized spacial score (nSPS) is 26.8. The summed E-state index contributed by atoms with van der Waals surface area (Å²) in [5.41, 5.74) is 0. The van der Waals surface area contributed by atoms with E-state index in [0.717, 1.165) is 25.4 Å². The van der Waals surface area contributed by atoms with Crippen LogP contribution in [0.25, 0.3) is 0 Å². The summed E-state index contributed by atoms with van der Waals surface area (Å²) in [7, 11) is 0. The third-order valence-electron chi connectivity index (χ3n) is 5.14. The van der Waals surface area contributed by atoms with E-state index in [1.165, 1.54) is 32.1 Å². The molecule has 0 bridgehead atoms. The highest BCUT2D eigenvalue weighted by Gasteiger charge is 2.23. The van der Waals surface area contributed by atoms with Gasteiger partial charge < -0.3 is 15.5 Å². The van der Waals surface area contributed by atoms with Gasteiger partial charge in [0, 0.05) is 32.1 Å². The van der Waals surface area contributed by atoms with Crippen molar-refractivity contribution in [2.45, 2.75) is 64.8 Å². The van der Waals surface area contributed by atoms with E-state index in [1.807, 2.05) is 11.8 Å². The van der Waals surface area contributed by atoms with Crippen LogP contribution in [0.5, 0.6) is 0 Å². The molecule has 126 valence electrons. The Bertz CT molecular complexity index is 378. The maximum atomic E-state index is 11.9. The summed E-state index contributed by atoms with van der Waals surface area (Å²) >= 11 is 0. The van der Waals surface area contributed by atoms with Crippen molar-refractivity contribution in [3.8, 4) is 0 Å². The molecule has 0 radical (unpaired) electrons. The maximum Gasteiger partial charge on any atom is 0.315 e. The Balaban J connectivity index is 1.60. The summed E-state index contributed by atoms with van der Waals surface area (Å²) in [5, 5.41) is 5.94. The average Bonchev–Trinajstić information content (AvgIpc) is 2.90. The molecule has 1 atom stereocenters. The Labute approximate surface area is 134 Å². The molecule has 2 fully saturated rings. The van der Waals surface area contributed by atoms with Gasteiger partial charge in [0.15, 0.2) is 0 Å². The molecular formula is C17H31N3O2. The molecule has 1 heterocycles.